The quantitative estimate of drug-likeness (QED) is 0.754. The van der Waals surface area contributed by atoms with E-state index in [1.807, 2.05) is 6.92 Å². The summed E-state index contributed by atoms with van der Waals surface area (Å²) in [6.45, 7) is -1.02. The van der Waals surface area contributed by atoms with E-state index in [9.17, 15) is 18.4 Å². The number of aryl methyl sites for hydroxylation is 1. The van der Waals surface area contributed by atoms with E-state index in [4.69, 9.17) is 0 Å². The minimum Gasteiger partial charge on any atom is -0.435 e. The van der Waals surface area contributed by atoms with Crippen LogP contribution in [0.1, 0.15) is 22.2 Å². The standard InChI is InChI=1S/C16H13F2N3O3S/c1-2-11-7-12-14(25-11)19-8-21(15(12)23)20-13(22)9-4-3-5-10(6-9)24-16(17)18/h3-8,16H,2H2,1H3,(H,20,22). The molecule has 0 aliphatic carbocycles. The molecular formula is C16H13F2N3O3S. The van der Waals surface area contributed by atoms with Gasteiger partial charge in [-0.3, -0.25) is 15.0 Å². The van der Waals surface area contributed by atoms with Gasteiger partial charge in [-0.05, 0) is 30.7 Å². The van der Waals surface area contributed by atoms with Crippen molar-refractivity contribution in [2.24, 2.45) is 0 Å². The van der Waals surface area contributed by atoms with Crippen molar-refractivity contribution in [3.8, 4) is 5.75 Å². The number of nitrogens with one attached hydrogen (secondary N) is 1. The molecule has 0 fully saturated rings. The van der Waals surface area contributed by atoms with E-state index in [-0.39, 0.29) is 11.3 Å². The van der Waals surface area contributed by atoms with Crippen molar-refractivity contribution in [3.63, 3.8) is 0 Å². The maximum Gasteiger partial charge on any atom is 0.387 e. The fourth-order valence-electron chi connectivity index (χ4n) is 2.21. The van der Waals surface area contributed by atoms with E-state index >= 15 is 0 Å². The van der Waals surface area contributed by atoms with Gasteiger partial charge in [0.25, 0.3) is 11.5 Å². The van der Waals surface area contributed by atoms with Crippen LogP contribution in [0.5, 0.6) is 5.75 Å². The molecule has 0 spiro atoms. The highest BCUT2D eigenvalue weighted by molar-refractivity contribution is 7.18. The number of carbonyl (C=O) groups excluding carboxylic acids is 1. The van der Waals surface area contributed by atoms with Crippen LogP contribution < -0.4 is 15.7 Å². The van der Waals surface area contributed by atoms with Crippen LogP contribution in [-0.2, 0) is 6.42 Å². The molecule has 6 nitrogen and oxygen atoms in total. The lowest BCUT2D eigenvalue weighted by Gasteiger charge is -2.09. The molecule has 2 heterocycles. The van der Waals surface area contributed by atoms with E-state index in [1.54, 1.807) is 6.07 Å². The van der Waals surface area contributed by atoms with E-state index in [2.05, 4.69) is 15.1 Å². The summed E-state index contributed by atoms with van der Waals surface area (Å²) in [5.41, 5.74) is 2.06. The number of ether oxygens (including phenoxy) is 1. The smallest absolute Gasteiger partial charge is 0.387 e. The van der Waals surface area contributed by atoms with Gasteiger partial charge in [-0.25, -0.2) is 9.66 Å². The summed E-state index contributed by atoms with van der Waals surface area (Å²) in [6.07, 6.45) is 2.00. The van der Waals surface area contributed by atoms with Gasteiger partial charge < -0.3 is 4.74 Å². The third-order valence-electron chi connectivity index (χ3n) is 3.40. The van der Waals surface area contributed by atoms with Crippen molar-refractivity contribution >= 4 is 27.5 Å². The average molecular weight is 365 g/mol. The summed E-state index contributed by atoms with van der Waals surface area (Å²) in [5, 5.41) is 0.416. The first-order valence-electron chi connectivity index (χ1n) is 7.34. The largest absolute Gasteiger partial charge is 0.435 e. The van der Waals surface area contributed by atoms with Gasteiger partial charge in [0.15, 0.2) is 0 Å². The number of fused-ring (bicyclic) bond motifs is 1. The Bertz CT molecular complexity index is 984. The number of rotatable bonds is 5. The van der Waals surface area contributed by atoms with Gasteiger partial charge in [0.05, 0.1) is 5.39 Å². The van der Waals surface area contributed by atoms with Crippen molar-refractivity contribution in [2.45, 2.75) is 20.0 Å². The predicted molar refractivity (Wildman–Crippen MR) is 90.0 cm³/mol. The maximum absolute atomic E-state index is 12.4. The molecule has 2 aromatic heterocycles. The van der Waals surface area contributed by atoms with Gasteiger partial charge in [-0.2, -0.15) is 8.78 Å². The third-order valence-corrected chi connectivity index (χ3v) is 4.58. The molecule has 1 N–H and O–H groups in total. The van der Waals surface area contributed by atoms with Crippen molar-refractivity contribution in [1.29, 1.82) is 0 Å². The van der Waals surface area contributed by atoms with Gasteiger partial charge in [0, 0.05) is 10.4 Å². The van der Waals surface area contributed by atoms with E-state index in [0.29, 0.717) is 10.2 Å². The lowest BCUT2D eigenvalue weighted by Crippen LogP contribution is -2.33. The van der Waals surface area contributed by atoms with E-state index < -0.39 is 18.1 Å². The molecular weight excluding hydrogens is 352 g/mol. The third kappa shape index (κ3) is 3.66. The van der Waals surface area contributed by atoms with Crippen LogP contribution in [-0.4, -0.2) is 22.2 Å². The number of benzene rings is 1. The maximum atomic E-state index is 12.4. The molecule has 0 saturated heterocycles. The normalized spacial score (nSPS) is 11.0. The van der Waals surface area contributed by atoms with E-state index in [1.165, 1.54) is 35.9 Å². The molecule has 9 heteroatoms. The number of aromatic nitrogens is 2. The average Bonchev–Trinajstić information content (AvgIpc) is 3.01. The monoisotopic (exact) mass is 365 g/mol. The Kier molecular flexibility index (Phi) is 4.75. The van der Waals surface area contributed by atoms with Crippen LogP contribution in [0.25, 0.3) is 10.2 Å². The topological polar surface area (TPSA) is 73.2 Å². The molecule has 0 saturated carbocycles. The van der Waals surface area contributed by atoms with Gasteiger partial charge in [0.2, 0.25) is 0 Å². The van der Waals surface area contributed by atoms with Crippen molar-refractivity contribution in [1.82, 2.24) is 9.66 Å². The molecule has 1 aromatic carbocycles. The minimum atomic E-state index is -2.99. The Labute approximate surface area is 144 Å². The number of amides is 1. The van der Waals surface area contributed by atoms with E-state index in [0.717, 1.165) is 22.0 Å². The molecule has 0 aliphatic rings. The zero-order chi connectivity index (χ0) is 18.0. The highest BCUT2D eigenvalue weighted by atomic mass is 32.1. The van der Waals surface area contributed by atoms with Crippen molar-refractivity contribution < 1.29 is 18.3 Å². The summed E-state index contributed by atoms with van der Waals surface area (Å²) in [7, 11) is 0. The van der Waals surface area contributed by atoms with Crippen LogP contribution in [0, 0.1) is 0 Å². The fraction of sp³-hybridized carbons (Fsp3) is 0.188. The zero-order valence-corrected chi connectivity index (χ0v) is 13.8. The first-order valence-corrected chi connectivity index (χ1v) is 8.16. The molecule has 0 radical (unpaired) electrons. The lowest BCUT2D eigenvalue weighted by atomic mass is 10.2. The van der Waals surface area contributed by atoms with Crippen LogP contribution >= 0.6 is 11.3 Å². The van der Waals surface area contributed by atoms with Crippen LogP contribution in [0.2, 0.25) is 0 Å². The Morgan fingerprint density at radius 1 is 1.40 bits per heavy atom. The summed E-state index contributed by atoms with van der Waals surface area (Å²) in [4.78, 5) is 30.5. The highest BCUT2D eigenvalue weighted by Crippen LogP contribution is 2.21. The summed E-state index contributed by atoms with van der Waals surface area (Å²) in [6, 6.07) is 7.04. The summed E-state index contributed by atoms with van der Waals surface area (Å²) >= 11 is 1.42. The molecule has 3 aromatic rings. The first-order chi connectivity index (χ1) is 12.0. The molecule has 0 bridgehead atoms. The minimum absolute atomic E-state index is 0.0738. The second-order valence-electron chi connectivity index (χ2n) is 5.05. The second-order valence-corrected chi connectivity index (χ2v) is 6.17. The zero-order valence-electron chi connectivity index (χ0n) is 13.0. The van der Waals surface area contributed by atoms with Crippen LogP contribution in [0.3, 0.4) is 0 Å². The number of thiophene rings is 1. The Hall–Kier alpha value is -2.81. The van der Waals surface area contributed by atoms with Gasteiger partial charge in [-0.1, -0.05) is 13.0 Å². The predicted octanol–water partition coefficient (Wildman–Crippen LogP) is 3.01. The summed E-state index contributed by atoms with van der Waals surface area (Å²) in [5.74, 6) is -0.789. The first kappa shape index (κ1) is 17.0. The number of hydrogen-bond acceptors (Lipinski definition) is 5. The van der Waals surface area contributed by atoms with Crippen LogP contribution in [0.15, 0.2) is 41.5 Å². The Balaban J connectivity index is 1.87. The fourth-order valence-corrected chi connectivity index (χ4v) is 3.14. The highest BCUT2D eigenvalue weighted by Gasteiger charge is 2.13. The SMILES string of the molecule is CCc1cc2c(=O)n(NC(=O)c3cccc(OC(F)F)c3)cnc2s1. The van der Waals surface area contributed by atoms with Crippen molar-refractivity contribution in [2.75, 3.05) is 5.43 Å². The molecule has 130 valence electrons. The Morgan fingerprint density at radius 3 is 2.92 bits per heavy atom. The molecule has 25 heavy (non-hydrogen) atoms. The lowest BCUT2D eigenvalue weighted by molar-refractivity contribution is -0.0498. The molecule has 0 atom stereocenters. The molecule has 0 aliphatic heterocycles. The second kappa shape index (κ2) is 6.98. The number of nitrogens with zero attached hydrogens (tertiary/aromatic N) is 2. The Morgan fingerprint density at radius 2 is 2.20 bits per heavy atom. The van der Waals surface area contributed by atoms with Gasteiger partial charge >= 0.3 is 6.61 Å². The summed E-state index contributed by atoms with van der Waals surface area (Å²) < 4.78 is 29.7. The van der Waals surface area contributed by atoms with Gasteiger partial charge in [-0.15, -0.1) is 11.3 Å². The van der Waals surface area contributed by atoms with Crippen molar-refractivity contribution in [3.05, 3.63) is 57.5 Å². The number of alkyl halides is 2. The number of carbonyl (C=O) groups is 1. The van der Waals surface area contributed by atoms with Crippen LogP contribution in [0.4, 0.5) is 8.78 Å². The molecule has 0 unspecified atom stereocenters. The number of halogens is 2. The molecule has 3 rings (SSSR count). The van der Waals surface area contributed by atoms with Gasteiger partial charge in [0.1, 0.15) is 16.9 Å². The molecule has 1 amide bonds. The number of hydrogen-bond donors (Lipinski definition) is 1.